The molecule has 118 valence electrons. The first-order chi connectivity index (χ1) is 11.1. The van der Waals surface area contributed by atoms with Crippen molar-refractivity contribution < 1.29 is 9.53 Å². The third-order valence-corrected chi connectivity index (χ3v) is 5.39. The Morgan fingerprint density at radius 1 is 1.43 bits per heavy atom. The Bertz CT molecular complexity index is 836. The monoisotopic (exact) mass is 327 g/mol. The number of para-hydroxylation sites is 1. The molecule has 1 aliphatic rings. The number of hydrogen-bond donors (Lipinski definition) is 0. The van der Waals surface area contributed by atoms with Crippen LogP contribution < -0.4 is 0 Å². The molecule has 1 aliphatic carbocycles. The lowest BCUT2D eigenvalue weighted by Crippen LogP contribution is -2.11. The minimum atomic E-state index is -0.310. The second-order valence-corrected chi connectivity index (χ2v) is 7.06. The molecule has 0 N–H and O–H groups in total. The van der Waals surface area contributed by atoms with Crippen LogP contribution >= 0.6 is 11.3 Å². The highest BCUT2D eigenvalue weighted by atomic mass is 32.1. The van der Waals surface area contributed by atoms with E-state index in [4.69, 9.17) is 4.74 Å². The highest BCUT2D eigenvalue weighted by Crippen LogP contribution is 2.48. The molecule has 0 amide bonds. The molecule has 0 bridgehead atoms. The summed E-state index contributed by atoms with van der Waals surface area (Å²) >= 11 is 1.58. The van der Waals surface area contributed by atoms with Crippen LogP contribution in [0.2, 0.25) is 0 Å². The van der Waals surface area contributed by atoms with Gasteiger partial charge in [-0.15, -0.1) is 11.3 Å². The Balaban J connectivity index is 1.42. The summed E-state index contributed by atoms with van der Waals surface area (Å²) in [6, 6.07) is 7.96. The number of fused-ring (bicyclic) bond motifs is 1. The highest BCUT2D eigenvalue weighted by Gasteiger charge is 2.46. The molecule has 0 spiro atoms. The average Bonchev–Trinajstić information content (AvgIpc) is 3.02. The lowest BCUT2D eigenvalue weighted by atomic mass is 10.2. The van der Waals surface area contributed by atoms with Gasteiger partial charge in [0.25, 0.3) is 0 Å². The fourth-order valence-electron chi connectivity index (χ4n) is 2.83. The van der Waals surface area contributed by atoms with E-state index in [0.717, 1.165) is 27.2 Å². The summed E-state index contributed by atoms with van der Waals surface area (Å²) in [5, 5.41) is 5.01. The zero-order valence-electron chi connectivity index (χ0n) is 13.0. The normalized spacial score (nSPS) is 21.3. The molecule has 0 radical (unpaired) electrons. The molecule has 1 aromatic carbocycles. The third-order valence-electron chi connectivity index (χ3n) is 4.20. The molecule has 1 fully saturated rings. The second kappa shape index (κ2) is 5.45. The molecule has 1 saturated carbocycles. The zero-order valence-corrected chi connectivity index (χ0v) is 13.8. The molecule has 6 heteroatoms. The number of benzene rings is 1. The summed E-state index contributed by atoms with van der Waals surface area (Å²) in [6.45, 7) is 1.89. The average molecular weight is 327 g/mol. The SMILES string of the molecule is C[C@H](OC(=O)[C@@H]1C[C@H]1c1cnn(C)c1)c1nc2ccccc2s1. The molecule has 2 heterocycles. The van der Waals surface area contributed by atoms with E-state index in [1.165, 1.54) is 0 Å². The first-order valence-electron chi connectivity index (χ1n) is 7.66. The molecular formula is C17H17N3O2S. The lowest BCUT2D eigenvalue weighted by Gasteiger charge is -2.10. The van der Waals surface area contributed by atoms with Crippen molar-refractivity contribution >= 4 is 27.5 Å². The minimum Gasteiger partial charge on any atom is -0.455 e. The van der Waals surface area contributed by atoms with E-state index >= 15 is 0 Å². The summed E-state index contributed by atoms with van der Waals surface area (Å²) in [7, 11) is 1.88. The van der Waals surface area contributed by atoms with Crippen molar-refractivity contribution in [3.8, 4) is 0 Å². The Kier molecular flexibility index (Phi) is 3.41. The van der Waals surface area contributed by atoms with E-state index in [1.807, 2.05) is 50.6 Å². The Hall–Kier alpha value is -2.21. The van der Waals surface area contributed by atoms with E-state index in [1.54, 1.807) is 16.0 Å². The molecule has 3 atom stereocenters. The summed E-state index contributed by atoms with van der Waals surface area (Å²) in [5.74, 6) is 0.0698. The van der Waals surface area contributed by atoms with Gasteiger partial charge in [0.1, 0.15) is 5.01 Å². The first-order valence-corrected chi connectivity index (χ1v) is 8.48. The molecule has 5 nitrogen and oxygen atoms in total. The predicted molar refractivity (Wildman–Crippen MR) is 88.2 cm³/mol. The van der Waals surface area contributed by atoms with Crippen molar-refractivity contribution in [3.63, 3.8) is 0 Å². The smallest absolute Gasteiger partial charge is 0.310 e. The highest BCUT2D eigenvalue weighted by molar-refractivity contribution is 7.18. The minimum absolute atomic E-state index is 0.0453. The van der Waals surface area contributed by atoms with Crippen molar-refractivity contribution in [1.82, 2.24) is 14.8 Å². The maximum Gasteiger partial charge on any atom is 0.310 e. The quantitative estimate of drug-likeness (QED) is 0.689. The van der Waals surface area contributed by atoms with Crippen LogP contribution in [-0.4, -0.2) is 20.7 Å². The van der Waals surface area contributed by atoms with Gasteiger partial charge in [0.15, 0.2) is 6.10 Å². The van der Waals surface area contributed by atoms with Crippen LogP contribution in [0.4, 0.5) is 0 Å². The summed E-state index contributed by atoms with van der Waals surface area (Å²) in [4.78, 5) is 16.9. The number of carbonyl (C=O) groups is 1. The molecule has 0 aliphatic heterocycles. The Labute approximate surface area is 137 Å². The van der Waals surface area contributed by atoms with Crippen molar-refractivity contribution in [2.75, 3.05) is 0 Å². The third kappa shape index (κ3) is 2.74. The number of rotatable bonds is 4. The summed E-state index contributed by atoms with van der Waals surface area (Å²) in [5.41, 5.74) is 2.07. The number of esters is 1. The van der Waals surface area contributed by atoms with Gasteiger partial charge >= 0.3 is 5.97 Å². The van der Waals surface area contributed by atoms with E-state index in [0.29, 0.717) is 0 Å². The second-order valence-electron chi connectivity index (χ2n) is 5.99. The van der Waals surface area contributed by atoms with E-state index in [-0.39, 0.29) is 23.9 Å². The Morgan fingerprint density at radius 2 is 2.26 bits per heavy atom. The molecular weight excluding hydrogens is 310 g/mol. The summed E-state index contributed by atoms with van der Waals surface area (Å²) < 4.78 is 8.51. The van der Waals surface area contributed by atoms with Crippen molar-refractivity contribution in [2.45, 2.75) is 25.4 Å². The number of thiazole rings is 1. The lowest BCUT2D eigenvalue weighted by molar-refractivity contribution is -0.150. The molecule has 0 saturated heterocycles. The van der Waals surface area contributed by atoms with Gasteiger partial charge in [-0.2, -0.15) is 5.10 Å². The number of ether oxygens (including phenoxy) is 1. The van der Waals surface area contributed by atoms with Gasteiger partial charge in [-0.1, -0.05) is 12.1 Å². The molecule has 0 unspecified atom stereocenters. The van der Waals surface area contributed by atoms with E-state index < -0.39 is 0 Å². The van der Waals surface area contributed by atoms with Gasteiger partial charge in [0.05, 0.1) is 22.3 Å². The number of aromatic nitrogens is 3. The summed E-state index contributed by atoms with van der Waals surface area (Å²) in [6.07, 6.45) is 4.33. The predicted octanol–water partition coefficient (Wildman–Crippen LogP) is 3.44. The van der Waals surface area contributed by atoms with Gasteiger partial charge in [0.2, 0.25) is 0 Å². The maximum atomic E-state index is 12.3. The van der Waals surface area contributed by atoms with Crippen LogP contribution in [0.1, 0.15) is 35.9 Å². The number of carbonyl (C=O) groups excluding carboxylic acids is 1. The molecule has 2 aromatic heterocycles. The van der Waals surface area contributed by atoms with Crippen LogP contribution in [0.15, 0.2) is 36.7 Å². The molecule has 4 rings (SSSR count). The number of aryl methyl sites for hydroxylation is 1. The van der Waals surface area contributed by atoms with Crippen LogP contribution in [0, 0.1) is 5.92 Å². The van der Waals surface area contributed by atoms with Crippen molar-refractivity contribution in [2.24, 2.45) is 13.0 Å². The largest absolute Gasteiger partial charge is 0.455 e. The van der Waals surface area contributed by atoms with E-state index in [9.17, 15) is 4.79 Å². The van der Waals surface area contributed by atoms with Gasteiger partial charge in [-0.25, -0.2) is 4.98 Å². The fraction of sp³-hybridized carbons (Fsp3) is 0.353. The van der Waals surface area contributed by atoms with Crippen LogP contribution in [0.25, 0.3) is 10.2 Å². The van der Waals surface area contributed by atoms with Gasteiger partial charge in [0, 0.05) is 19.2 Å². The topological polar surface area (TPSA) is 57.0 Å². The standard InChI is InChI=1S/C17H17N3O2S/c1-10(16-19-14-5-3-4-6-15(14)23-16)22-17(21)13-7-12(13)11-8-18-20(2)9-11/h3-6,8-10,12-13H,7H2,1-2H3/t10-,12-,13+/m0/s1. The van der Waals surface area contributed by atoms with Crippen LogP contribution in [0.5, 0.6) is 0 Å². The van der Waals surface area contributed by atoms with Gasteiger partial charge < -0.3 is 4.74 Å². The van der Waals surface area contributed by atoms with E-state index in [2.05, 4.69) is 10.1 Å². The van der Waals surface area contributed by atoms with Gasteiger partial charge in [-0.05, 0) is 31.0 Å². The molecule has 23 heavy (non-hydrogen) atoms. The number of hydrogen-bond acceptors (Lipinski definition) is 5. The fourth-order valence-corrected chi connectivity index (χ4v) is 3.78. The number of nitrogens with zero attached hydrogens (tertiary/aromatic N) is 3. The first kappa shape index (κ1) is 14.4. The van der Waals surface area contributed by atoms with Crippen LogP contribution in [0.3, 0.4) is 0 Å². The maximum absolute atomic E-state index is 12.3. The molecule has 3 aromatic rings. The Morgan fingerprint density at radius 3 is 3.00 bits per heavy atom. The zero-order chi connectivity index (χ0) is 16.0. The van der Waals surface area contributed by atoms with Crippen molar-refractivity contribution in [1.29, 1.82) is 0 Å². The van der Waals surface area contributed by atoms with Gasteiger partial charge in [-0.3, -0.25) is 9.48 Å². The van der Waals surface area contributed by atoms with Crippen molar-refractivity contribution in [3.05, 3.63) is 47.2 Å². The van der Waals surface area contributed by atoms with Crippen LogP contribution in [-0.2, 0) is 16.6 Å².